The summed E-state index contributed by atoms with van der Waals surface area (Å²) < 4.78 is 11.6. The van der Waals surface area contributed by atoms with E-state index in [9.17, 15) is 9.59 Å². The van der Waals surface area contributed by atoms with E-state index < -0.39 is 0 Å². The molecule has 0 aromatic carbocycles. The lowest BCUT2D eigenvalue weighted by molar-refractivity contribution is -0.123. The largest absolute Gasteiger partial charge is 0.381 e. The molecule has 0 spiro atoms. The maximum absolute atomic E-state index is 11.7. The van der Waals surface area contributed by atoms with Gasteiger partial charge in [-0.2, -0.15) is 0 Å². The van der Waals surface area contributed by atoms with Crippen molar-refractivity contribution < 1.29 is 20.5 Å². The Morgan fingerprint density at radius 2 is 1.67 bits per heavy atom. The second kappa shape index (κ2) is 14.1. The first-order chi connectivity index (χ1) is 12.9. The van der Waals surface area contributed by atoms with Crippen molar-refractivity contribution in [2.24, 2.45) is 17.8 Å². The van der Waals surface area contributed by atoms with E-state index in [1.165, 1.54) is 25.7 Å². The number of ether oxygens (including phenoxy) is 2. The molecule has 160 valence electrons. The van der Waals surface area contributed by atoms with Crippen LogP contribution >= 0.6 is 0 Å². The van der Waals surface area contributed by atoms with Crippen molar-refractivity contribution >= 4 is 11.7 Å². The zero-order valence-electron chi connectivity index (χ0n) is 17.9. The number of amides is 1. The molecular weight excluding hydrogens is 342 g/mol. The zero-order chi connectivity index (χ0) is 20.1. The molecule has 1 N–H and O–H groups in total. The molecule has 0 bridgehead atoms. The number of rotatable bonds is 14. The molecular formula is C22H43NO4. The molecule has 0 aliphatic heterocycles. The number of hydrogen-bond donors (Lipinski definition) is 1. The first-order valence-corrected chi connectivity index (χ1v) is 10.9. The summed E-state index contributed by atoms with van der Waals surface area (Å²) in [5.41, 5.74) is 0. The minimum absolute atomic E-state index is 0. The molecule has 5 nitrogen and oxygen atoms in total. The predicted octanol–water partition coefficient (Wildman–Crippen LogP) is 4.38. The fourth-order valence-corrected chi connectivity index (χ4v) is 3.27. The van der Waals surface area contributed by atoms with E-state index >= 15 is 0 Å². The minimum Gasteiger partial charge on any atom is -0.381 e. The number of ketones is 1. The number of nitrogens with one attached hydrogen (secondary N) is 1. The molecule has 1 unspecified atom stereocenters. The number of hydrogen-bond acceptors (Lipinski definition) is 4. The average Bonchev–Trinajstić information content (AvgIpc) is 2.66. The average molecular weight is 386 g/mol. The Hall–Kier alpha value is -0.940. The van der Waals surface area contributed by atoms with Crippen LogP contribution in [0.15, 0.2) is 0 Å². The van der Waals surface area contributed by atoms with Crippen molar-refractivity contribution in [3.8, 4) is 0 Å². The molecule has 1 aliphatic carbocycles. The van der Waals surface area contributed by atoms with Gasteiger partial charge >= 0.3 is 0 Å². The van der Waals surface area contributed by atoms with Crippen LogP contribution in [0.1, 0.15) is 80.5 Å². The molecule has 0 saturated heterocycles. The summed E-state index contributed by atoms with van der Waals surface area (Å²) in [5.74, 6) is 1.61. The number of Topliss-reactive ketones (excluding diaryl/α,β-unsaturated/α-hetero) is 1. The summed E-state index contributed by atoms with van der Waals surface area (Å²) in [6.45, 7) is 10.9. The summed E-state index contributed by atoms with van der Waals surface area (Å²) in [7, 11) is 0. The second-order valence-corrected chi connectivity index (χ2v) is 8.34. The Morgan fingerprint density at radius 3 is 2.26 bits per heavy atom. The fourth-order valence-electron chi connectivity index (χ4n) is 3.27. The molecule has 1 atom stereocenters. The maximum atomic E-state index is 11.7. The molecule has 5 heteroatoms. The summed E-state index contributed by atoms with van der Waals surface area (Å²) in [6, 6.07) is 0. The molecule has 1 rings (SSSR count). The van der Waals surface area contributed by atoms with Crippen LogP contribution in [0.4, 0.5) is 0 Å². The lowest BCUT2D eigenvalue weighted by atomic mass is 9.83. The van der Waals surface area contributed by atoms with Gasteiger partial charge in [-0.25, -0.2) is 0 Å². The van der Waals surface area contributed by atoms with Crippen molar-refractivity contribution in [1.82, 2.24) is 5.32 Å². The SMILES string of the molecule is CCC(C)OCC1CCC(COCCCC(=O)NCCC(=O)C(C)C)CC1.[HH]. The van der Waals surface area contributed by atoms with Crippen molar-refractivity contribution in [2.75, 3.05) is 26.4 Å². The third kappa shape index (κ3) is 11.5. The van der Waals surface area contributed by atoms with Crippen LogP contribution in [-0.2, 0) is 19.1 Å². The van der Waals surface area contributed by atoms with E-state index in [0.717, 1.165) is 26.1 Å². The van der Waals surface area contributed by atoms with Gasteiger partial charge in [0.15, 0.2) is 0 Å². The van der Waals surface area contributed by atoms with E-state index in [0.29, 0.717) is 43.9 Å². The molecule has 0 aromatic heterocycles. The highest BCUT2D eigenvalue weighted by molar-refractivity contribution is 5.81. The predicted molar refractivity (Wildman–Crippen MR) is 111 cm³/mol. The van der Waals surface area contributed by atoms with Crippen molar-refractivity contribution in [3.05, 3.63) is 0 Å². The second-order valence-electron chi connectivity index (χ2n) is 8.34. The molecule has 1 saturated carbocycles. The third-order valence-corrected chi connectivity index (χ3v) is 5.54. The lowest BCUT2D eigenvalue weighted by Crippen LogP contribution is -2.27. The Kier molecular flexibility index (Phi) is 12.6. The molecule has 1 fully saturated rings. The van der Waals surface area contributed by atoms with Crippen LogP contribution in [-0.4, -0.2) is 44.2 Å². The van der Waals surface area contributed by atoms with Gasteiger partial charge in [0.25, 0.3) is 0 Å². The van der Waals surface area contributed by atoms with Gasteiger partial charge in [0.2, 0.25) is 5.91 Å². The minimum atomic E-state index is 0. The molecule has 0 heterocycles. The maximum Gasteiger partial charge on any atom is 0.220 e. The van der Waals surface area contributed by atoms with Gasteiger partial charge in [-0.1, -0.05) is 20.8 Å². The van der Waals surface area contributed by atoms with Gasteiger partial charge in [-0.05, 0) is 57.3 Å². The van der Waals surface area contributed by atoms with E-state index in [1.807, 2.05) is 13.8 Å². The summed E-state index contributed by atoms with van der Waals surface area (Å²) in [6.07, 6.45) is 8.00. The Bertz CT molecular complexity index is 423. The third-order valence-electron chi connectivity index (χ3n) is 5.54. The van der Waals surface area contributed by atoms with Gasteiger partial charge in [0, 0.05) is 46.6 Å². The van der Waals surface area contributed by atoms with Gasteiger partial charge in [-0.3, -0.25) is 9.59 Å². The summed E-state index contributed by atoms with van der Waals surface area (Å²) in [5, 5.41) is 2.81. The van der Waals surface area contributed by atoms with Crippen LogP contribution in [0.3, 0.4) is 0 Å². The summed E-state index contributed by atoms with van der Waals surface area (Å²) in [4.78, 5) is 23.2. The Balaban J connectivity index is 0.00000729. The van der Waals surface area contributed by atoms with Gasteiger partial charge in [-0.15, -0.1) is 0 Å². The van der Waals surface area contributed by atoms with Crippen LogP contribution < -0.4 is 5.32 Å². The van der Waals surface area contributed by atoms with Gasteiger partial charge in [0.05, 0.1) is 6.10 Å². The molecule has 0 aromatic rings. The highest BCUT2D eigenvalue weighted by Crippen LogP contribution is 2.29. The highest BCUT2D eigenvalue weighted by Gasteiger charge is 2.21. The van der Waals surface area contributed by atoms with Crippen molar-refractivity contribution in [2.45, 2.75) is 85.2 Å². The topological polar surface area (TPSA) is 64.6 Å². The quantitative estimate of drug-likeness (QED) is 0.451. The highest BCUT2D eigenvalue weighted by atomic mass is 16.5. The van der Waals surface area contributed by atoms with E-state index in [-0.39, 0.29) is 19.0 Å². The number of carbonyl (C=O) groups excluding carboxylic acids is 2. The Morgan fingerprint density at radius 1 is 1.04 bits per heavy atom. The lowest BCUT2D eigenvalue weighted by Gasteiger charge is -2.29. The molecule has 1 amide bonds. The van der Waals surface area contributed by atoms with Crippen molar-refractivity contribution in [3.63, 3.8) is 0 Å². The normalized spacial score (nSPS) is 21.2. The van der Waals surface area contributed by atoms with Gasteiger partial charge in [0.1, 0.15) is 5.78 Å². The molecule has 0 radical (unpaired) electrons. The van der Waals surface area contributed by atoms with Crippen LogP contribution in [0.5, 0.6) is 0 Å². The van der Waals surface area contributed by atoms with E-state index in [1.54, 1.807) is 0 Å². The molecule has 27 heavy (non-hydrogen) atoms. The van der Waals surface area contributed by atoms with Gasteiger partial charge < -0.3 is 14.8 Å². The first kappa shape index (κ1) is 24.1. The van der Waals surface area contributed by atoms with E-state index in [2.05, 4.69) is 19.2 Å². The smallest absolute Gasteiger partial charge is 0.220 e. The standard InChI is InChI=1S/C22H41NO4.H2/c1-5-18(4)27-16-20-10-8-19(9-11-20)15-26-14-6-7-22(25)23-13-12-21(24)17(2)3;/h17-20H,5-16H2,1-4H3,(H,23,25);1H. The van der Waals surface area contributed by atoms with Crippen LogP contribution in [0.2, 0.25) is 0 Å². The van der Waals surface area contributed by atoms with Crippen LogP contribution in [0.25, 0.3) is 0 Å². The Labute approximate surface area is 167 Å². The number of carbonyl (C=O) groups is 2. The first-order valence-electron chi connectivity index (χ1n) is 10.9. The zero-order valence-corrected chi connectivity index (χ0v) is 17.9. The van der Waals surface area contributed by atoms with Crippen molar-refractivity contribution in [1.29, 1.82) is 0 Å². The van der Waals surface area contributed by atoms with E-state index in [4.69, 9.17) is 9.47 Å². The fraction of sp³-hybridized carbons (Fsp3) is 0.909. The molecule has 1 aliphatic rings. The monoisotopic (exact) mass is 385 g/mol. The van der Waals surface area contributed by atoms with Crippen LogP contribution in [0, 0.1) is 17.8 Å². The summed E-state index contributed by atoms with van der Waals surface area (Å²) >= 11 is 0.